The third-order valence-electron chi connectivity index (χ3n) is 4.99. The summed E-state index contributed by atoms with van der Waals surface area (Å²) in [6, 6.07) is 5.27. The Morgan fingerprint density at radius 3 is 2.54 bits per heavy atom. The Kier molecular flexibility index (Phi) is 4.96. The molecule has 3 rings (SSSR count). The van der Waals surface area contributed by atoms with Crippen molar-refractivity contribution in [2.45, 2.75) is 46.1 Å². The number of hydrogen-bond donors (Lipinski definition) is 2. The van der Waals surface area contributed by atoms with Gasteiger partial charge in [0.1, 0.15) is 11.4 Å². The van der Waals surface area contributed by atoms with Crippen LogP contribution in [-0.2, 0) is 12.0 Å². The quantitative estimate of drug-likeness (QED) is 0.811. The minimum absolute atomic E-state index is 0.0996. The predicted octanol–water partition coefficient (Wildman–Crippen LogP) is 3.99. The molecular formula is C21H22ClFN2O3. The van der Waals surface area contributed by atoms with Gasteiger partial charge in [-0.2, -0.15) is 0 Å². The highest BCUT2D eigenvalue weighted by Crippen LogP contribution is 2.33. The van der Waals surface area contributed by atoms with E-state index in [4.69, 9.17) is 11.6 Å². The lowest BCUT2D eigenvalue weighted by Crippen LogP contribution is -2.43. The summed E-state index contributed by atoms with van der Waals surface area (Å²) in [6.07, 6.45) is 0.908. The molecule has 1 aliphatic carbocycles. The van der Waals surface area contributed by atoms with Crippen LogP contribution in [-0.4, -0.2) is 16.7 Å². The maximum absolute atomic E-state index is 13.3. The molecule has 0 unspecified atom stereocenters. The summed E-state index contributed by atoms with van der Waals surface area (Å²) >= 11 is 6.11. The number of fused-ring (bicyclic) bond motifs is 1. The summed E-state index contributed by atoms with van der Waals surface area (Å²) in [6.45, 7) is 7.32. The van der Waals surface area contributed by atoms with E-state index < -0.39 is 22.8 Å². The minimum Gasteiger partial charge on any atom is -0.343 e. The van der Waals surface area contributed by atoms with Gasteiger partial charge in [-0.1, -0.05) is 31.5 Å². The molecular weight excluding hydrogens is 383 g/mol. The molecule has 1 amide bonds. The zero-order valence-corrected chi connectivity index (χ0v) is 17.0. The summed E-state index contributed by atoms with van der Waals surface area (Å²) < 4.78 is 13.3. The summed E-state index contributed by atoms with van der Waals surface area (Å²) in [5, 5.41) is 2.92. The van der Waals surface area contributed by atoms with Crippen molar-refractivity contribution < 1.29 is 14.0 Å². The van der Waals surface area contributed by atoms with Crippen LogP contribution in [0.4, 0.5) is 4.39 Å². The molecule has 0 radical (unpaired) electrons. The van der Waals surface area contributed by atoms with E-state index in [1.54, 1.807) is 13.8 Å². The van der Waals surface area contributed by atoms with Crippen molar-refractivity contribution in [3.63, 3.8) is 0 Å². The van der Waals surface area contributed by atoms with E-state index in [9.17, 15) is 18.8 Å². The lowest BCUT2D eigenvalue weighted by Gasteiger charge is -2.30. The van der Waals surface area contributed by atoms with Crippen molar-refractivity contribution >= 4 is 23.3 Å². The lowest BCUT2D eigenvalue weighted by atomic mass is 9.75. The van der Waals surface area contributed by atoms with E-state index in [-0.39, 0.29) is 21.8 Å². The van der Waals surface area contributed by atoms with Gasteiger partial charge in [-0.25, -0.2) is 4.39 Å². The molecule has 1 aromatic carbocycles. The van der Waals surface area contributed by atoms with E-state index in [1.807, 2.05) is 13.8 Å². The van der Waals surface area contributed by atoms with Crippen LogP contribution in [0.15, 0.2) is 29.1 Å². The third-order valence-corrected chi connectivity index (χ3v) is 5.31. The third kappa shape index (κ3) is 3.87. The molecule has 0 fully saturated rings. The number of carbonyl (C=O) groups is 2. The molecule has 0 atom stereocenters. The van der Waals surface area contributed by atoms with E-state index in [2.05, 4.69) is 10.3 Å². The maximum Gasteiger partial charge on any atom is 0.261 e. The number of H-pyrrole nitrogens is 1. The first-order valence-corrected chi connectivity index (χ1v) is 9.35. The van der Waals surface area contributed by atoms with E-state index in [0.29, 0.717) is 29.7 Å². The molecule has 7 heteroatoms. The number of halogens is 2. The Morgan fingerprint density at radius 2 is 1.89 bits per heavy atom. The van der Waals surface area contributed by atoms with Gasteiger partial charge in [0.2, 0.25) is 0 Å². The monoisotopic (exact) mass is 404 g/mol. The number of carbonyl (C=O) groups excluding carboxylic acids is 2. The average Bonchev–Trinajstić information content (AvgIpc) is 2.51. The summed E-state index contributed by atoms with van der Waals surface area (Å²) in [5.41, 5.74) is -0.448. The molecule has 0 aliphatic heterocycles. The van der Waals surface area contributed by atoms with Gasteiger partial charge in [-0.05, 0) is 49.4 Å². The first-order valence-electron chi connectivity index (χ1n) is 8.97. The van der Waals surface area contributed by atoms with Crippen molar-refractivity contribution in [2.24, 2.45) is 5.41 Å². The standard InChI is InChI=1S/C21H22ClFN2O3/c1-20(2)9-16-12(17(26)10-20)8-13(18(27)24-16)19(28)25-21(3,4)14-6-5-11(23)7-15(14)22/h5-8H,9-10H2,1-4H3,(H,24,27)(H,25,28). The van der Waals surface area contributed by atoms with Gasteiger partial charge in [0, 0.05) is 22.7 Å². The number of Topliss-reactive ketones (excluding diaryl/α,β-unsaturated/α-hetero) is 1. The highest BCUT2D eigenvalue weighted by Gasteiger charge is 2.33. The Hall–Kier alpha value is -2.47. The predicted molar refractivity (Wildman–Crippen MR) is 105 cm³/mol. The summed E-state index contributed by atoms with van der Waals surface area (Å²) in [7, 11) is 0. The fraction of sp³-hybridized carbons (Fsp3) is 0.381. The Balaban J connectivity index is 1.94. The molecule has 5 nitrogen and oxygen atoms in total. The number of benzene rings is 1. The second-order valence-corrected chi connectivity index (χ2v) is 8.96. The molecule has 28 heavy (non-hydrogen) atoms. The number of ketones is 1. The molecule has 1 aliphatic rings. The topological polar surface area (TPSA) is 79.0 Å². The molecule has 0 spiro atoms. The average molecular weight is 405 g/mol. The number of aromatic nitrogens is 1. The fourth-order valence-electron chi connectivity index (χ4n) is 3.61. The number of hydrogen-bond acceptors (Lipinski definition) is 3. The zero-order chi connectivity index (χ0) is 20.9. The number of nitrogens with one attached hydrogen (secondary N) is 2. The number of aromatic amines is 1. The van der Waals surface area contributed by atoms with E-state index in [1.165, 1.54) is 18.2 Å². The number of pyridine rings is 1. The van der Waals surface area contributed by atoms with Crippen molar-refractivity contribution in [1.29, 1.82) is 0 Å². The van der Waals surface area contributed by atoms with Crippen molar-refractivity contribution in [3.8, 4) is 0 Å². The Labute approximate surface area is 167 Å². The molecule has 0 saturated carbocycles. The van der Waals surface area contributed by atoms with Crippen molar-refractivity contribution in [1.82, 2.24) is 10.3 Å². The van der Waals surface area contributed by atoms with Crippen LogP contribution in [0.3, 0.4) is 0 Å². The maximum atomic E-state index is 13.3. The normalized spacial score (nSPS) is 15.9. The van der Waals surface area contributed by atoms with Crippen LogP contribution < -0.4 is 10.9 Å². The van der Waals surface area contributed by atoms with Crippen LogP contribution in [0.25, 0.3) is 0 Å². The second kappa shape index (κ2) is 6.85. The van der Waals surface area contributed by atoms with Crippen LogP contribution in [0.5, 0.6) is 0 Å². The van der Waals surface area contributed by atoms with Crippen LogP contribution >= 0.6 is 11.6 Å². The second-order valence-electron chi connectivity index (χ2n) is 8.55. The molecule has 1 aromatic heterocycles. The van der Waals surface area contributed by atoms with Crippen molar-refractivity contribution in [3.05, 3.63) is 67.8 Å². The zero-order valence-electron chi connectivity index (χ0n) is 16.2. The van der Waals surface area contributed by atoms with Gasteiger partial charge in [0.05, 0.1) is 5.54 Å². The molecule has 0 bridgehead atoms. The number of amides is 1. The van der Waals surface area contributed by atoms with E-state index in [0.717, 1.165) is 6.07 Å². The molecule has 148 valence electrons. The van der Waals surface area contributed by atoms with Gasteiger partial charge in [0.25, 0.3) is 11.5 Å². The molecule has 0 saturated heterocycles. The number of rotatable bonds is 3. The van der Waals surface area contributed by atoms with Crippen LogP contribution in [0.1, 0.15) is 66.1 Å². The first-order chi connectivity index (χ1) is 12.9. The van der Waals surface area contributed by atoms with Crippen LogP contribution in [0, 0.1) is 11.2 Å². The van der Waals surface area contributed by atoms with Gasteiger partial charge in [-0.15, -0.1) is 0 Å². The van der Waals surface area contributed by atoms with Gasteiger partial charge in [-0.3, -0.25) is 14.4 Å². The van der Waals surface area contributed by atoms with Gasteiger partial charge < -0.3 is 10.3 Å². The largest absolute Gasteiger partial charge is 0.343 e. The van der Waals surface area contributed by atoms with Gasteiger partial charge in [0.15, 0.2) is 5.78 Å². The van der Waals surface area contributed by atoms with E-state index >= 15 is 0 Å². The van der Waals surface area contributed by atoms with Crippen molar-refractivity contribution in [2.75, 3.05) is 0 Å². The molecule has 1 heterocycles. The first kappa shape index (κ1) is 20.3. The Bertz CT molecular complexity index is 1040. The smallest absolute Gasteiger partial charge is 0.261 e. The Morgan fingerprint density at radius 1 is 1.21 bits per heavy atom. The highest BCUT2D eigenvalue weighted by molar-refractivity contribution is 6.31. The highest BCUT2D eigenvalue weighted by atomic mass is 35.5. The van der Waals surface area contributed by atoms with Crippen LogP contribution in [0.2, 0.25) is 5.02 Å². The lowest BCUT2D eigenvalue weighted by molar-refractivity contribution is 0.0909. The van der Waals surface area contributed by atoms with Gasteiger partial charge >= 0.3 is 0 Å². The summed E-state index contributed by atoms with van der Waals surface area (Å²) in [4.78, 5) is 40.4. The molecule has 2 aromatic rings. The molecule has 2 N–H and O–H groups in total. The summed E-state index contributed by atoms with van der Waals surface area (Å²) in [5.74, 6) is -1.21. The minimum atomic E-state index is -0.962. The SMILES string of the molecule is CC1(C)CC(=O)c2cc(C(=O)NC(C)(C)c3ccc(F)cc3Cl)c(=O)[nH]c2C1. The fourth-order valence-corrected chi connectivity index (χ4v) is 4.01.